The maximum absolute atomic E-state index is 12.6. The van der Waals surface area contributed by atoms with E-state index in [1.807, 2.05) is 25.1 Å². The van der Waals surface area contributed by atoms with Crippen molar-refractivity contribution in [2.24, 2.45) is 5.92 Å². The molecule has 0 aliphatic carbocycles. The second-order valence-corrected chi connectivity index (χ2v) is 7.47. The topological polar surface area (TPSA) is 58.1 Å². The van der Waals surface area contributed by atoms with Crippen LogP contribution in [0.15, 0.2) is 48.7 Å². The molecule has 2 aromatic heterocycles. The molecule has 3 aromatic rings. The Morgan fingerprint density at radius 2 is 1.96 bits per heavy atom. The first kappa shape index (κ1) is 18.4. The lowest BCUT2D eigenvalue weighted by Crippen LogP contribution is -2.38. The van der Waals surface area contributed by atoms with E-state index in [0.717, 1.165) is 49.1 Å². The second kappa shape index (κ2) is 7.97. The number of fused-ring (bicyclic) bond motifs is 1. The summed E-state index contributed by atoms with van der Waals surface area (Å²) in [5.74, 6) is 0.730. The van der Waals surface area contributed by atoms with Crippen LogP contribution in [-0.4, -0.2) is 29.0 Å². The summed E-state index contributed by atoms with van der Waals surface area (Å²) in [7, 11) is 0. The minimum absolute atomic E-state index is 0.0260. The third kappa shape index (κ3) is 3.84. The Balaban J connectivity index is 1.46. The van der Waals surface area contributed by atoms with Gasteiger partial charge in [0.05, 0.1) is 5.52 Å². The van der Waals surface area contributed by atoms with E-state index in [0.29, 0.717) is 5.82 Å². The first-order valence-corrected chi connectivity index (χ1v) is 10.0. The summed E-state index contributed by atoms with van der Waals surface area (Å²) in [6.07, 6.45) is 4.38. The van der Waals surface area contributed by atoms with Crippen molar-refractivity contribution in [1.82, 2.24) is 9.97 Å². The average molecular weight is 374 g/mol. The summed E-state index contributed by atoms with van der Waals surface area (Å²) in [6.45, 7) is 5.87. The van der Waals surface area contributed by atoms with Gasteiger partial charge in [-0.15, -0.1) is 0 Å². The molecular formula is C23H26N4O. The molecule has 0 saturated carbocycles. The number of para-hydroxylation sites is 1. The molecule has 0 spiro atoms. The van der Waals surface area contributed by atoms with Crippen molar-refractivity contribution >= 4 is 28.3 Å². The van der Waals surface area contributed by atoms with Gasteiger partial charge in [0.15, 0.2) is 0 Å². The van der Waals surface area contributed by atoms with E-state index in [9.17, 15) is 4.79 Å². The molecule has 28 heavy (non-hydrogen) atoms. The van der Waals surface area contributed by atoms with Gasteiger partial charge in [-0.2, -0.15) is 0 Å². The number of aromatic nitrogens is 2. The van der Waals surface area contributed by atoms with Gasteiger partial charge in [0.1, 0.15) is 5.82 Å². The summed E-state index contributed by atoms with van der Waals surface area (Å²) >= 11 is 0. The molecule has 0 radical (unpaired) electrons. The van der Waals surface area contributed by atoms with Crippen LogP contribution in [0, 0.1) is 12.8 Å². The van der Waals surface area contributed by atoms with Gasteiger partial charge in [-0.25, -0.2) is 4.98 Å². The van der Waals surface area contributed by atoms with E-state index in [1.54, 1.807) is 6.20 Å². The highest BCUT2D eigenvalue weighted by molar-refractivity contribution is 5.93. The van der Waals surface area contributed by atoms with E-state index >= 15 is 0 Å². The van der Waals surface area contributed by atoms with Gasteiger partial charge in [-0.1, -0.05) is 31.2 Å². The number of nitrogens with zero attached hydrogens (tertiary/aromatic N) is 3. The Morgan fingerprint density at radius 1 is 1.18 bits per heavy atom. The van der Waals surface area contributed by atoms with Gasteiger partial charge in [0.25, 0.3) is 0 Å². The molecule has 0 atom stereocenters. The molecule has 1 aliphatic rings. The number of benzene rings is 1. The van der Waals surface area contributed by atoms with Crippen molar-refractivity contribution in [1.29, 1.82) is 0 Å². The maximum Gasteiger partial charge on any atom is 0.228 e. The number of nitrogens with one attached hydrogen (secondary N) is 1. The molecule has 1 aliphatic heterocycles. The highest BCUT2D eigenvalue weighted by Gasteiger charge is 2.26. The molecule has 3 heterocycles. The largest absolute Gasteiger partial charge is 0.371 e. The van der Waals surface area contributed by atoms with E-state index in [4.69, 9.17) is 4.98 Å². The van der Waals surface area contributed by atoms with Gasteiger partial charge in [-0.3, -0.25) is 9.78 Å². The van der Waals surface area contributed by atoms with Crippen LogP contribution >= 0.6 is 0 Å². The van der Waals surface area contributed by atoms with E-state index in [2.05, 4.69) is 46.4 Å². The normalized spacial score (nSPS) is 15.0. The molecule has 1 fully saturated rings. The number of carbonyl (C=O) groups excluding carboxylic acids is 1. The van der Waals surface area contributed by atoms with Crippen molar-refractivity contribution in [3.8, 4) is 0 Å². The average Bonchev–Trinajstić information content (AvgIpc) is 2.74. The van der Waals surface area contributed by atoms with Crippen LogP contribution in [-0.2, 0) is 11.2 Å². The van der Waals surface area contributed by atoms with Crippen LogP contribution in [0.25, 0.3) is 10.9 Å². The number of amides is 1. The van der Waals surface area contributed by atoms with Gasteiger partial charge < -0.3 is 10.2 Å². The third-order valence-corrected chi connectivity index (χ3v) is 5.48. The number of hydrogen-bond acceptors (Lipinski definition) is 4. The van der Waals surface area contributed by atoms with Gasteiger partial charge in [0.2, 0.25) is 5.91 Å². The summed E-state index contributed by atoms with van der Waals surface area (Å²) in [5, 5.41) is 4.15. The quantitative estimate of drug-likeness (QED) is 0.737. The van der Waals surface area contributed by atoms with Crippen LogP contribution in [0.4, 0.5) is 11.5 Å². The van der Waals surface area contributed by atoms with Gasteiger partial charge in [-0.05, 0) is 49.9 Å². The standard InChI is InChI=1S/C23H26N4O/c1-3-18-14-21(19-6-4-5-7-20(19)25-18)27-12-10-17(11-13-27)23(28)26-22-9-8-16(2)15-24-22/h4-9,14-15,17H,3,10-13H2,1-2H3,(H,24,26,28). The maximum atomic E-state index is 12.6. The minimum atomic E-state index is 0.0260. The van der Waals surface area contributed by atoms with Gasteiger partial charge >= 0.3 is 0 Å². The predicted molar refractivity (Wildman–Crippen MR) is 114 cm³/mol. The molecule has 4 rings (SSSR count). The molecule has 144 valence electrons. The molecule has 0 unspecified atom stereocenters. The van der Waals surface area contributed by atoms with Crippen LogP contribution < -0.4 is 10.2 Å². The predicted octanol–water partition coefficient (Wildman–Crippen LogP) is 4.36. The van der Waals surface area contributed by atoms with Crippen LogP contribution in [0.5, 0.6) is 0 Å². The summed E-state index contributed by atoms with van der Waals surface area (Å²) < 4.78 is 0. The van der Waals surface area contributed by atoms with Crippen molar-refractivity contribution < 1.29 is 4.79 Å². The molecule has 1 N–H and O–H groups in total. The smallest absolute Gasteiger partial charge is 0.228 e. The molecule has 5 nitrogen and oxygen atoms in total. The Bertz CT molecular complexity index is 976. The number of hydrogen-bond donors (Lipinski definition) is 1. The molecule has 0 bridgehead atoms. The number of aryl methyl sites for hydroxylation is 2. The second-order valence-electron chi connectivity index (χ2n) is 7.47. The Labute approximate surface area is 165 Å². The lowest BCUT2D eigenvalue weighted by molar-refractivity contribution is -0.120. The summed E-state index contributed by atoms with van der Waals surface area (Å²) in [4.78, 5) is 24.1. The highest BCUT2D eigenvalue weighted by atomic mass is 16.1. The van der Waals surface area contributed by atoms with Crippen LogP contribution in [0.3, 0.4) is 0 Å². The SMILES string of the molecule is CCc1cc(N2CCC(C(=O)Nc3ccc(C)cn3)CC2)c2ccccc2n1. The number of piperidine rings is 1. The number of anilines is 2. The number of pyridine rings is 2. The fourth-order valence-electron chi connectivity index (χ4n) is 3.81. The van der Waals surface area contributed by atoms with E-state index in [-0.39, 0.29) is 11.8 Å². The fraction of sp³-hybridized carbons (Fsp3) is 0.348. The molecule has 5 heteroatoms. The lowest BCUT2D eigenvalue weighted by Gasteiger charge is -2.33. The zero-order valence-electron chi connectivity index (χ0n) is 16.5. The number of rotatable bonds is 4. The van der Waals surface area contributed by atoms with Crippen LogP contribution in [0.2, 0.25) is 0 Å². The van der Waals surface area contributed by atoms with Crippen molar-refractivity contribution in [2.45, 2.75) is 33.1 Å². The minimum Gasteiger partial charge on any atom is -0.371 e. The Kier molecular flexibility index (Phi) is 5.24. The van der Waals surface area contributed by atoms with Crippen molar-refractivity contribution in [3.63, 3.8) is 0 Å². The van der Waals surface area contributed by atoms with Crippen LogP contribution in [0.1, 0.15) is 31.0 Å². The summed E-state index contributed by atoms with van der Waals surface area (Å²) in [5.41, 5.74) is 4.48. The van der Waals surface area contributed by atoms with Crippen molar-refractivity contribution in [2.75, 3.05) is 23.3 Å². The van der Waals surface area contributed by atoms with Crippen molar-refractivity contribution in [3.05, 3.63) is 59.9 Å². The monoisotopic (exact) mass is 374 g/mol. The highest BCUT2D eigenvalue weighted by Crippen LogP contribution is 2.31. The first-order valence-electron chi connectivity index (χ1n) is 10.0. The molecule has 1 amide bonds. The van der Waals surface area contributed by atoms with E-state index < -0.39 is 0 Å². The lowest BCUT2D eigenvalue weighted by atomic mass is 9.95. The molecular weight excluding hydrogens is 348 g/mol. The number of carbonyl (C=O) groups is 1. The Hall–Kier alpha value is -2.95. The van der Waals surface area contributed by atoms with Gasteiger partial charge in [0, 0.05) is 42.0 Å². The fourth-order valence-corrected chi connectivity index (χ4v) is 3.81. The molecule has 1 aromatic carbocycles. The first-order chi connectivity index (χ1) is 13.6. The third-order valence-electron chi connectivity index (χ3n) is 5.48. The van der Waals surface area contributed by atoms with E-state index in [1.165, 1.54) is 11.1 Å². The Morgan fingerprint density at radius 3 is 2.68 bits per heavy atom. The zero-order valence-corrected chi connectivity index (χ0v) is 16.5. The zero-order chi connectivity index (χ0) is 19.5. The molecule has 1 saturated heterocycles. The summed E-state index contributed by atoms with van der Waals surface area (Å²) in [6, 6.07) is 14.3.